The molecule has 0 bridgehead atoms. The molecule has 0 atom stereocenters. The molecule has 3 heteroatoms. The van der Waals surface area contributed by atoms with Gasteiger partial charge in [-0.15, -0.1) is 11.6 Å². The highest BCUT2D eigenvalue weighted by atomic mass is 35.5. The number of hydrogen-bond acceptors (Lipinski definition) is 2. The van der Waals surface area contributed by atoms with E-state index in [1.54, 1.807) is 7.11 Å². The summed E-state index contributed by atoms with van der Waals surface area (Å²) in [4.78, 5) is 2.33. The molecule has 0 amide bonds. The molecule has 2 rings (SSSR count). The number of alkyl halides is 1. The Morgan fingerprint density at radius 3 is 2.35 bits per heavy atom. The Morgan fingerprint density at radius 1 is 0.950 bits per heavy atom. The van der Waals surface area contributed by atoms with Crippen molar-refractivity contribution < 1.29 is 4.74 Å². The fraction of sp³-hybridized carbons (Fsp3) is 0.294. The number of rotatable bonds is 7. The van der Waals surface area contributed by atoms with Gasteiger partial charge in [0.1, 0.15) is 5.75 Å². The third kappa shape index (κ3) is 4.26. The van der Waals surface area contributed by atoms with Gasteiger partial charge in [-0.25, -0.2) is 0 Å². The molecule has 0 fully saturated rings. The first-order chi connectivity index (χ1) is 9.83. The maximum Gasteiger partial charge on any atom is 0.123 e. The van der Waals surface area contributed by atoms with Gasteiger partial charge < -0.3 is 4.74 Å². The first kappa shape index (κ1) is 14.9. The number of nitrogens with zero attached hydrogens (tertiary/aromatic N) is 1. The second-order valence-corrected chi connectivity index (χ2v) is 5.08. The zero-order valence-electron chi connectivity index (χ0n) is 11.8. The van der Waals surface area contributed by atoms with Crippen LogP contribution in [0.2, 0.25) is 0 Å². The molecule has 0 aliphatic heterocycles. The SMILES string of the molecule is COc1ccccc1CN(CCCl)Cc1ccccc1. The van der Waals surface area contributed by atoms with Gasteiger partial charge in [-0.2, -0.15) is 0 Å². The smallest absolute Gasteiger partial charge is 0.123 e. The summed E-state index contributed by atoms with van der Waals surface area (Å²) in [6.45, 7) is 2.59. The van der Waals surface area contributed by atoms with Gasteiger partial charge in [-0.1, -0.05) is 48.5 Å². The fourth-order valence-corrected chi connectivity index (χ4v) is 2.49. The summed E-state index contributed by atoms with van der Waals surface area (Å²) in [5, 5.41) is 0. The molecule has 0 aliphatic carbocycles. The highest BCUT2D eigenvalue weighted by Gasteiger charge is 2.09. The van der Waals surface area contributed by atoms with Crippen molar-refractivity contribution in [1.82, 2.24) is 4.90 Å². The van der Waals surface area contributed by atoms with E-state index in [0.717, 1.165) is 25.4 Å². The van der Waals surface area contributed by atoms with Crippen molar-refractivity contribution >= 4 is 11.6 Å². The van der Waals surface area contributed by atoms with Crippen LogP contribution in [0.4, 0.5) is 0 Å². The van der Waals surface area contributed by atoms with Gasteiger partial charge >= 0.3 is 0 Å². The average molecular weight is 290 g/mol. The molecule has 0 aromatic heterocycles. The lowest BCUT2D eigenvalue weighted by Crippen LogP contribution is -2.25. The van der Waals surface area contributed by atoms with Crippen molar-refractivity contribution in [3.05, 3.63) is 65.7 Å². The molecular formula is C17H20ClNO. The van der Waals surface area contributed by atoms with Gasteiger partial charge in [0.25, 0.3) is 0 Å². The van der Waals surface area contributed by atoms with Crippen molar-refractivity contribution in [3.8, 4) is 5.75 Å². The van der Waals surface area contributed by atoms with Crippen LogP contribution in [0.25, 0.3) is 0 Å². The number of ether oxygens (including phenoxy) is 1. The third-order valence-corrected chi connectivity index (χ3v) is 3.41. The molecule has 0 saturated carbocycles. The van der Waals surface area contributed by atoms with E-state index < -0.39 is 0 Å². The van der Waals surface area contributed by atoms with E-state index in [4.69, 9.17) is 16.3 Å². The Hall–Kier alpha value is -1.51. The second-order valence-electron chi connectivity index (χ2n) is 4.70. The lowest BCUT2D eigenvalue weighted by atomic mass is 10.1. The number of para-hydroxylation sites is 1. The van der Waals surface area contributed by atoms with Gasteiger partial charge in [0, 0.05) is 31.1 Å². The van der Waals surface area contributed by atoms with E-state index in [1.807, 2.05) is 24.3 Å². The molecule has 2 aromatic carbocycles. The monoisotopic (exact) mass is 289 g/mol. The quantitative estimate of drug-likeness (QED) is 0.716. The summed E-state index contributed by atoms with van der Waals surface area (Å²) in [7, 11) is 1.71. The molecule has 2 nitrogen and oxygen atoms in total. The standard InChI is InChI=1S/C17H20ClNO/c1-20-17-10-6-5-9-16(17)14-19(12-11-18)13-15-7-3-2-4-8-15/h2-10H,11-14H2,1H3. The maximum atomic E-state index is 5.93. The lowest BCUT2D eigenvalue weighted by Gasteiger charge is -2.22. The van der Waals surface area contributed by atoms with E-state index in [2.05, 4.69) is 35.2 Å². The minimum Gasteiger partial charge on any atom is -0.496 e. The first-order valence-electron chi connectivity index (χ1n) is 6.77. The molecule has 0 unspecified atom stereocenters. The molecule has 106 valence electrons. The molecule has 0 heterocycles. The van der Waals surface area contributed by atoms with Crippen LogP contribution in [-0.2, 0) is 13.1 Å². The number of halogens is 1. The van der Waals surface area contributed by atoms with Crippen molar-refractivity contribution in [3.63, 3.8) is 0 Å². The lowest BCUT2D eigenvalue weighted by molar-refractivity contribution is 0.268. The van der Waals surface area contributed by atoms with Gasteiger partial charge in [0.15, 0.2) is 0 Å². The molecule has 0 N–H and O–H groups in total. The minimum absolute atomic E-state index is 0.627. The van der Waals surface area contributed by atoms with Gasteiger partial charge in [-0.05, 0) is 11.6 Å². The summed E-state index contributed by atoms with van der Waals surface area (Å²) in [5.74, 6) is 1.56. The highest BCUT2D eigenvalue weighted by Crippen LogP contribution is 2.20. The van der Waals surface area contributed by atoms with Crippen LogP contribution in [0.1, 0.15) is 11.1 Å². The molecule has 0 spiro atoms. The fourth-order valence-electron chi connectivity index (χ4n) is 2.25. The molecule has 0 saturated heterocycles. The number of benzene rings is 2. The topological polar surface area (TPSA) is 12.5 Å². The summed E-state index contributed by atoms with van der Waals surface area (Å²) in [6.07, 6.45) is 0. The zero-order chi connectivity index (χ0) is 14.2. The summed E-state index contributed by atoms with van der Waals surface area (Å²) >= 11 is 5.93. The maximum absolute atomic E-state index is 5.93. The van der Waals surface area contributed by atoms with E-state index in [0.29, 0.717) is 5.88 Å². The van der Waals surface area contributed by atoms with Crippen molar-refractivity contribution in [2.75, 3.05) is 19.5 Å². The normalized spacial score (nSPS) is 10.8. The van der Waals surface area contributed by atoms with E-state index in [1.165, 1.54) is 11.1 Å². The van der Waals surface area contributed by atoms with Crippen LogP contribution in [-0.4, -0.2) is 24.4 Å². The van der Waals surface area contributed by atoms with Crippen molar-refractivity contribution in [2.45, 2.75) is 13.1 Å². The highest BCUT2D eigenvalue weighted by molar-refractivity contribution is 6.18. The Balaban J connectivity index is 2.09. The predicted octanol–water partition coefficient (Wildman–Crippen LogP) is 3.94. The second kappa shape index (κ2) is 7.93. The van der Waals surface area contributed by atoms with Gasteiger partial charge in [0.05, 0.1) is 7.11 Å². The third-order valence-electron chi connectivity index (χ3n) is 3.24. The van der Waals surface area contributed by atoms with Crippen LogP contribution in [0.5, 0.6) is 5.75 Å². The van der Waals surface area contributed by atoms with Gasteiger partial charge in [-0.3, -0.25) is 4.90 Å². The Kier molecular flexibility index (Phi) is 5.90. The van der Waals surface area contributed by atoms with Crippen LogP contribution >= 0.6 is 11.6 Å². The van der Waals surface area contributed by atoms with Crippen LogP contribution in [0.3, 0.4) is 0 Å². The Morgan fingerprint density at radius 2 is 1.65 bits per heavy atom. The molecule has 20 heavy (non-hydrogen) atoms. The molecular weight excluding hydrogens is 270 g/mol. The number of methoxy groups -OCH3 is 1. The largest absolute Gasteiger partial charge is 0.496 e. The van der Waals surface area contributed by atoms with E-state index in [9.17, 15) is 0 Å². The number of hydrogen-bond donors (Lipinski definition) is 0. The summed E-state index contributed by atoms with van der Waals surface area (Å²) < 4.78 is 5.41. The van der Waals surface area contributed by atoms with Crippen LogP contribution in [0.15, 0.2) is 54.6 Å². The van der Waals surface area contributed by atoms with Crippen LogP contribution in [0, 0.1) is 0 Å². The molecule has 0 radical (unpaired) electrons. The Labute approximate surface area is 125 Å². The molecule has 0 aliphatic rings. The Bertz CT molecular complexity index is 515. The van der Waals surface area contributed by atoms with Gasteiger partial charge in [0.2, 0.25) is 0 Å². The zero-order valence-corrected chi connectivity index (χ0v) is 12.5. The summed E-state index contributed by atoms with van der Waals surface area (Å²) in [6, 6.07) is 18.6. The molecule has 2 aromatic rings. The van der Waals surface area contributed by atoms with Crippen molar-refractivity contribution in [2.24, 2.45) is 0 Å². The predicted molar refractivity (Wildman–Crippen MR) is 84.3 cm³/mol. The average Bonchev–Trinajstić information content (AvgIpc) is 2.49. The van der Waals surface area contributed by atoms with E-state index in [-0.39, 0.29) is 0 Å². The van der Waals surface area contributed by atoms with E-state index >= 15 is 0 Å². The minimum atomic E-state index is 0.627. The summed E-state index contributed by atoms with van der Waals surface area (Å²) in [5.41, 5.74) is 2.49. The van der Waals surface area contributed by atoms with Crippen LogP contribution < -0.4 is 4.74 Å². The first-order valence-corrected chi connectivity index (χ1v) is 7.31. The van der Waals surface area contributed by atoms with Crippen molar-refractivity contribution in [1.29, 1.82) is 0 Å².